The lowest BCUT2D eigenvalue weighted by molar-refractivity contribution is -0.131. The summed E-state index contributed by atoms with van der Waals surface area (Å²) in [5.74, 6) is 1.94. The number of piperidine rings is 1. The maximum atomic E-state index is 12.6. The molecule has 1 atom stereocenters. The normalized spacial score (nSPS) is 18.3. The highest BCUT2D eigenvalue weighted by Gasteiger charge is 2.28. The molecule has 1 fully saturated rings. The highest BCUT2D eigenvalue weighted by Crippen LogP contribution is 2.26. The topological polar surface area (TPSA) is 72.1 Å². The second kappa shape index (κ2) is 7.42. The van der Waals surface area contributed by atoms with Crippen LogP contribution in [0, 0.1) is 0 Å². The van der Waals surface area contributed by atoms with Gasteiger partial charge in [-0.3, -0.25) is 4.79 Å². The van der Waals surface area contributed by atoms with E-state index in [1.165, 1.54) is 0 Å². The molecule has 0 aromatic carbocycles. The van der Waals surface area contributed by atoms with Crippen molar-refractivity contribution in [3.63, 3.8) is 0 Å². The van der Waals surface area contributed by atoms with Gasteiger partial charge < -0.3 is 9.42 Å². The molecule has 1 aliphatic heterocycles. The zero-order chi connectivity index (χ0) is 17.1. The van der Waals surface area contributed by atoms with E-state index in [1.54, 1.807) is 11.3 Å². The molecule has 0 spiro atoms. The molecule has 2 aromatic heterocycles. The monoisotopic (exact) mass is 348 g/mol. The van der Waals surface area contributed by atoms with Crippen molar-refractivity contribution in [1.29, 1.82) is 0 Å². The van der Waals surface area contributed by atoms with Gasteiger partial charge in [-0.1, -0.05) is 25.9 Å². The van der Waals surface area contributed by atoms with Gasteiger partial charge in [0.15, 0.2) is 5.82 Å². The van der Waals surface area contributed by atoms with Gasteiger partial charge in [-0.2, -0.15) is 4.98 Å². The van der Waals surface area contributed by atoms with Crippen molar-refractivity contribution in [2.45, 2.75) is 58.3 Å². The first-order chi connectivity index (χ1) is 11.6. The number of aryl methyl sites for hydroxylation is 1. The van der Waals surface area contributed by atoms with E-state index in [0.717, 1.165) is 42.3 Å². The number of carbonyl (C=O) groups is 1. The van der Waals surface area contributed by atoms with Crippen molar-refractivity contribution >= 4 is 17.2 Å². The minimum atomic E-state index is 0.139. The summed E-state index contributed by atoms with van der Waals surface area (Å²) in [7, 11) is 0. The summed E-state index contributed by atoms with van der Waals surface area (Å²) in [6, 6.07) is 0. The Morgan fingerprint density at radius 3 is 2.96 bits per heavy atom. The second-order valence-electron chi connectivity index (χ2n) is 6.59. The zero-order valence-corrected chi connectivity index (χ0v) is 15.3. The molecule has 0 radical (unpaired) electrons. The van der Waals surface area contributed by atoms with Crippen molar-refractivity contribution < 1.29 is 9.32 Å². The van der Waals surface area contributed by atoms with Crippen LogP contribution >= 0.6 is 11.3 Å². The van der Waals surface area contributed by atoms with Crippen LogP contribution in [0.25, 0.3) is 0 Å². The Balaban J connectivity index is 1.62. The molecule has 24 heavy (non-hydrogen) atoms. The van der Waals surface area contributed by atoms with Crippen molar-refractivity contribution in [1.82, 2.24) is 20.0 Å². The lowest BCUT2D eigenvalue weighted by atomic mass is 9.97. The predicted molar refractivity (Wildman–Crippen MR) is 92.1 cm³/mol. The van der Waals surface area contributed by atoms with Crippen molar-refractivity contribution in [2.24, 2.45) is 0 Å². The number of amides is 1. The molecular weight excluding hydrogens is 324 g/mol. The molecule has 2 aromatic rings. The van der Waals surface area contributed by atoms with E-state index in [2.05, 4.69) is 22.0 Å². The third-order valence-corrected chi connectivity index (χ3v) is 5.37. The lowest BCUT2D eigenvalue weighted by Gasteiger charge is -2.31. The summed E-state index contributed by atoms with van der Waals surface area (Å²) in [5, 5.41) is 7.20. The van der Waals surface area contributed by atoms with Crippen LogP contribution in [0.4, 0.5) is 0 Å². The molecule has 0 N–H and O–H groups in total. The summed E-state index contributed by atoms with van der Waals surface area (Å²) in [5.41, 5.74) is 0.880. The Labute approximate surface area is 146 Å². The van der Waals surface area contributed by atoms with E-state index in [9.17, 15) is 4.79 Å². The Hall–Kier alpha value is -1.76. The average Bonchev–Trinajstić information content (AvgIpc) is 3.24. The summed E-state index contributed by atoms with van der Waals surface area (Å²) in [6.45, 7) is 7.62. The maximum absolute atomic E-state index is 12.6. The van der Waals surface area contributed by atoms with E-state index in [0.29, 0.717) is 18.9 Å². The smallest absolute Gasteiger partial charge is 0.229 e. The highest BCUT2D eigenvalue weighted by molar-refractivity contribution is 7.09. The SMILES string of the molecule is CCc1nc(CC(=O)N2CCC[C@H](c3noc(C(C)C)n3)C2)cs1. The van der Waals surface area contributed by atoms with Gasteiger partial charge in [0.2, 0.25) is 11.8 Å². The average molecular weight is 348 g/mol. The Bertz CT molecular complexity index is 694. The van der Waals surface area contributed by atoms with Gasteiger partial charge in [0.25, 0.3) is 0 Å². The molecule has 7 heteroatoms. The van der Waals surface area contributed by atoms with Crippen LogP contribution in [-0.4, -0.2) is 39.0 Å². The number of nitrogens with zero attached hydrogens (tertiary/aromatic N) is 4. The van der Waals surface area contributed by atoms with Gasteiger partial charge in [0, 0.05) is 30.3 Å². The first-order valence-corrected chi connectivity index (χ1v) is 9.49. The lowest BCUT2D eigenvalue weighted by Crippen LogP contribution is -2.40. The number of hydrogen-bond acceptors (Lipinski definition) is 6. The van der Waals surface area contributed by atoms with Crippen molar-refractivity contribution in [3.8, 4) is 0 Å². The van der Waals surface area contributed by atoms with Gasteiger partial charge in [-0.25, -0.2) is 4.98 Å². The molecule has 3 heterocycles. The number of carbonyl (C=O) groups excluding carboxylic acids is 1. The fourth-order valence-electron chi connectivity index (χ4n) is 2.92. The number of likely N-dealkylation sites (tertiary alicyclic amines) is 1. The van der Waals surface area contributed by atoms with Crippen molar-refractivity contribution in [3.05, 3.63) is 27.8 Å². The van der Waals surface area contributed by atoms with Gasteiger partial charge in [-0.15, -0.1) is 11.3 Å². The van der Waals surface area contributed by atoms with Crippen molar-refractivity contribution in [2.75, 3.05) is 13.1 Å². The first kappa shape index (κ1) is 17.1. The van der Waals surface area contributed by atoms with Gasteiger partial charge in [0.1, 0.15) is 0 Å². The number of aromatic nitrogens is 3. The zero-order valence-electron chi connectivity index (χ0n) is 14.5. The third kappa shape index (κ3) is 3.83. The second-order valence-corrected chi connectivity index (χ2v) is 7.53. The van der Waals surface area contributed by atoms with Crippen LogP contribution in [0.1, 0.15) is 67.9 Å². The van der Waals surface area contributed by atoms with E-state index >= 15 is 0 Å². The molecule has 0 saturated carbocycles. The molecule has 1 aliphatic rings. The fraction of sp³-hybridized carbons (Fsp3) is 0.647. The minimum Gasteiger partial charge on any atom is -0.342 e. The van der Waals surface area contributed by atoms with Crippen LogP contribution in [0.2, 0.25) is 0 Å². The number of rotatable bonds is 5. The number of hydrogen-bond donors (Lipinski definition) is 0. The van der Waals surface area contributed by atoms with Gasteiger partial charge in [-0.05, 0) is 19.3 Å². The van der Waals surface area contributed by atoms with Crippen LogP contribution in [-0.2, 0) is 17.6 Å². The largest absolute Gasteiger partial charge is 0.342 e. The first-order valence-electron chi connectivity index (χ1n) is 8.61. The van der Waals surface area contributed by atoms with E-state index in [4.69, 9.17) is 4.52 Å². The Morgan fingerprint density at radius 1 is 1.46 bits per heavy atom. The van der Waals surface area contributed by atoms with E-state index in [1.807, 2.05) is 24.1 Å². The minimum absolute atomic E-state index is 0.139. The van der Waals surface area contributed by atoms with Gasteiger partial charge in [0.05, 0.1) is 17.1 Å². The predicted octanol–water partition coefficient (Wildman–Crippen LogP) is 3.16. The molecule has 130 valence electrons. The molecule has 1 amide bonds. The summed E-state index contributed by atoms with van der Waals surface area (Å²) >= 11 is 1.63. The van der Waals surface area contributed by atoms with E-state index < -0.39 is 0 Å². The maximum Gasteiger partial charge on any atom is 0.229 e. The van der Waals surface area contributed by atoms with E-state index in [-0.39, 0.29) is 17.7 Å². The highest BCUT2D eigenvalue weighted by atomic mass is 32.1. The Kier molecular flexibility index (Phi) is 5.28. The third-order valence-electron chi connectivity index (χ3n) is 4.32. The quantitative estimate of drug-likeness (QED) is 0.830. The standard InChI is InChI=1S/C17H24N4O2S/c1-4-14-18-13(10-24-14)8-15(22)21-7-5-6-12(9-21)16-19-17(11(2)3)23-20-16/h10-12H,4-9H2,1-3H3/t12-/m0/s1. The fourth-order valence-corrected chi connectivity index (χ4v) is 3.67. The molecule has 3 rings (SSSR count). The summed E-state index contributed by atoms with van der Waals surface area (Å²) in [4.78, 5) is 23.5. The van der Waals surface area contributed by atoms with Gasteiger partial charge >= 0.3 is 0 Å². The molecule has 0 unspecified atom stereocenters. The molecule has 0 aliphatic carbocycles. The van der Waals surface area contributed by atoms with Crippen LogP contribution in [0.5, 0.6) is 0 Å². The Morgan fingerprint density at radius 2 is 2.29 bits per heavy atom. The van der Waals surface area contributed by atoms with Crippen LogP contribution in [0.3, 0.4) is 0 Å². The molecule has 6 nitrogen and oxygen atoms in total. The summed E-state index contributed by atoms with van der Waals surface area (Å²) in [6.07, 6.45) is 3.27. The summed E-state index contributed by atoms with van der Waals surface area (Å²) < 4.78 is 5.31. The molecular formula is C17H24N4O2S. The number of thiazole rings is 1. The van der Waals surface area contributed by atoms with Crippen LogP contribution < -0.4 is 0 Å². The molecule has 1 saturated heterocycles. The van der Waals surface area contributed by atoms with Crippen LogP contribution in [0.15, 0.2) is 9.90 Å². The molecule has 0 bridgehead atoms.